The molecule has 208 valence electrons. The Balaban J connectivity index is 1.63. The number of nitrogens with one attached hydrogen (secondary N) is 3. The van der Waals surface area contributed by atoms with Gasteiger partial charge in [0.15, 0.2) is 0 Å². The highest BCUT2D eigenvalue weighted by Gasteiger charge is 2.22. The number of carbonyl (C=O) groups is 2. The maximum atomic E-state index is 11.9. The fourth-order valence-electron chi connectivity index (χ4n) is 4.05. The molecule has 1 aromatic heterocycles. The van der Waals surface area contributed by atoms with E-state index >= 15 is 0 Å². The maximum Gasteiger partial charge on any atom is 0.322 e. The van der Waals surface area contributed by atoms with Crippen molar-refractivity contribution in [2.75, 3.05) is 26.9 Å². The molecule has 0 aliphatic heterocycles. The number of esters is 2. The van der Waals surface area contributed by atoms with Crippen LogP contribution < -0.4 is 15.5 Å². The van der Waals surface area contributed by atoms with Crippen LogP contribution in [-0.2, 0) is 25.6 Å². The van der Waals surface area contributed by atoms with Gasteiger partial charge in [0.2, 0.25) is 0 Å². The second-order valence-corrected chi connectivity index (χ2v) is 11.2. The molecule has 1 heterocycles. The van der Waals surface area contributed by atoms with Gasteiger partial charge in [-0.15, -0.1) is 0 Å². The third-order valence-corrected chi connectivity index (χ3v) is 8.37. The van der Waals surface area contributed by atoms with Gasteiger partial charge in [0.25, 0.3) is 0 Å². The highest BCUT2D eigenvalue weighted by molar-refractivity contribution is 7.53. The second-order valence-electron chi connectivity index (χ2n) is 9.36. The van der Waals surface area contributed by atoms with Crippen molar-refractivity contribution in [2.24, 2.45) is 0 Å². The summed E-state index contributed by atoms with van der Waals surface area (Å²) in [4.78, 5) is 28.8. The van der Waals surface area contributed by atoms with Crippen molar-refractivity contribution in [3.05, 3.63) is 78.0 Å². The molecule has 9 heteroatoms. The topological polar surface area (TPSA) is 102 Å². The lowest BCUT2D eigenvalue weighted by Crippen LogP contribution is -2.40. The van der Waals surface area contributed by atoms with Gasteiger partial charge in [-0.2, -0.15) is 0 Å². The summed E-state index contributed by atoms with van der Waals surface area (Å²) < 4.78 is 9.66. The Labute approximate surface area is 232 Å². The monoisotopic (exact) mass is 550 g/mol. The van der Waals surface area contributed by atoms with Gasteiger partial charge >= 0.3 is 11.9 Å². The van der Waals surface area contributed by atoms with Crippen LogP contribution in [0, 0.1) is 6.92 Å². The van der Waals surface area contributed by atoms with E-state index in [-0.39, 0.29) is 11.9 Å². The molecule has 0 radical (unpaired) electrons. The zero-order valence-corrected chi connectivity index (χ0v) is 24.3. The first kappa shape index (κ1) is 30.4. The standard InChI is InChI=1S/C30H39N4O4P/c1-21-12-14-24(15-13-21)27-17-16-26(32-28(27)25-10-7-6-8-11-25)20-31-18-9-19-39(33-22(2)29(35)37-4)34-23(3)30(36)38-5/h6-8,10-17,22-23,31,33-34H,9,18-20H2,1-5H3. The summed E-state index contributed by atoms with van der Waals surface area (Å²) in [6.07, 6.45) is 1.58. The van der Waals surface area contributed by atoms with Crippen molar-refractivity contribution in [1.82, 2.24) is 20.5 Å². The number of pyridine rings is 1. The summed E-state index contributed by atoms with van der Waals surface area (Å²) in [6.45, 7) is 6.97. The van der Waals surface area contributed by atoms with E-state index in [4.69, 9.17) is 14.5 Å². The molecule has 0 aliphatic carbocycles. The number of nitrogens with zero attached hydrogens (tertiary/aromatic N) is 1. The van der Waals surface area contributed by atoms with Crippen molar-refractivity contribution in [3.63, 3.8) is 0 Å². The average Bonchev–Trinajstić information content (AvgIpc) is 2.96. The lowest BCUT2D eigenvalue weighted by Gasteiger charge is -2.25. The molecule has 0 amide bonds. The molecule has 0 aliphatic rings. The Morgan fingerprint density at radius 1 is 0.846 bits per heavy atom. The van der Waals surface area contributed by atoms with Gasteiger partial charge in [0, 0.05) is 25.9 Å². The maximum absolute atomic E-state index is 11.9. The molecule has 2 aromatic carbocycles. The average molecular weight is 551 g/mol. The molecule has 39 heavy (non-hydrogen) atoms. The minimum atomic E-state index is -1.01. The Kier molecular flexibility index (Phi) is 12.0. The normalized spacial score (nSPS) is 13.4. The van der Waals surface area contributed by atoms with Gasteiger partial charge in [0.05, 0.1) is 25.6 Å². The number of methoxy groups -OCH3 is 2. The van der Waals surface area contributed by atoms with Crippen LogP contribution in [0.4, 0.5) is 0 Å². The van der Waals surface area contributed by atoms with Crippen LogP contribution in [-0.4, -0.2) is 55.9 Å². The number of rotatable bonds is 14. The van der Waals surface area contributed by atoms with Crippen LogP contribution >= 0.6 is 8.22 Å². The fourth-order valence-corrected chi connectivity index (χ4v) is 6.00. The van der Waals surface area contributed by atoms with Gasteiger partial charge in [-0.3, -0.25) is 24.7 Å². The van der Waals surface area contributed by atoms with Gasteiger partial charge in [-0.25, -0.2) is 0 Å². The molecule has 0 saturated heterocycles. The predicted octanol–water partition coefficient (Wildman–Crippen LogP) is 4.82. The molecule has 3 rings (SSSR count). The zero-order chi connectivity index (χ0) is 28.2. The third kappa shape index (κ3) is 9.22. The lowest BCUT2D eigenvalue weighted by atomic mass is 9.98. The van der Waals surface area contributed by atoms with E-state index in [0.29, 0.717) is 6.54 Å². The molecule has 2 atom stereocenters. The number of aromatic nitrogens is 1. The molecule has 0 saturated carbocycles. The predicted molar refractivity (Wildman–Crippen MR) is 157 cm³/mol. The summed E-state index contributed by atoms with van der Waals surface area (Å²) >= 11 is 0. The Hall–Kier alpha value is -3.16. The number of hydrogen-bond donors (Lipinski definition) is 3. The van der Waals surface area contributed by atoms with Gasteiger partial charge in [-0.05, 0) is 51.5 Å². The second kappa shape index (κ2) is 15.4. The van der Waals surface area contributed by atoms with E-state index in [0.717, 1.165) is 47.2 Å². The van der Waals surface area contributed by atoms with E-state index in [1.165, 1.54) is 19.8 Å². The van der Waals surface area contributed by atoms with Crippen LogP contribution in [0.15, 0.2) is 66.7 Å². The number of carbonyl (C=O) groups excluding carboxylic acids is 2. The molecule has 0 bridgehead atoms. The van der Waals surface area contributed by atoms with E-state index in [1.54, 1.807) is 13.8 Å². The summed E-state index contributed by atoms with van der Waals surface area (Å²) in [7, 11) is 1.71. The van der Waals surface area contributed by atoms with E-state index < -0.39 is 20.3 Å². The summed E-state index contributed by atoms with van der Waals surface area (Å²) in [6, 6.07) is 22.0. The van der Waals surface area contributed by atoms with Gasteiger partial charge in [0.1, 0.15) is 12.1 Å². The SMILES string of the molecule is COC(=O)C(C)NP(CCCNCc1ccc(-c2ccc(C)cc2)c(-c2ccccc2)n1)NC(C)C(=O)OC. The zero-order valence-electron chi connectivity index (χ0n) is 23.4. The number of hydrogen-bond acceptors (Lipinski definition) is 8. The number of benzene rings is 2. The molecule has 2 unspecified atom stereocenters. The minimum Gasteiger partial charge on any atom is -0.468 e. The smallest absolute Gasteiger partial charge is 0.322 e. The van der Waals surface area contributed by atoms with Crippen molar-refractivity contribution in [3.8, 4) is 22.4 Å². The first-order valence-corrected chi connectivity index (χ1v) is 14.6. The minimum absolute atomic E-state index is 0.345. The molecular weight excluding hydrogens is 511 g/mol. The van der Waals surface area contributed by atoms with Gasteiger partial charge < -0.3 is 14.8 Å². The van der Waals surface area contributed by atoms with Crippen molar-refractivity contribution in [1.29, 1.82) is 0 Å². The quantitative estimate of drug-likeness (QED) is 0.149. The van der Waals surface area contributed by atoms with Crippen LogP contribution in [0.1, 0.15) is 31.5 Å². The summed E-state index contributed by atoms with van der Waals surface area (Å²) in [5, 5.41) is 10.0. The van der Waals surface area contributed by atoms with E-state index in [1.807, 2.05) is 18.2 Å². The van der Waals surface area contributed by atoms with E-state index in [9.17, 15) is 9.59 Å². The summed E-state index contributed by atoms with van der Waals surface area (Å²) in [5.74, 6) is -0.690. The first-order valence-electron chi connectivity index (χ1n) is 13.1. The largest absolute Gasteiger partial charge is 0.468 e. The number of ether oxygens (including phenoxy) is 2. The van der Waals surface area contributed by atoms with Crippen LogP contribution in [0.5, 0.6) is 0 Å². The van der Waals surface area contributed by atoms with Crippen LogP contribution in [0.2, 0.25) is 0 Å². The molecule has 3 aromatic rings. The van der Waals surface area contributed by atoms with Crippen molar-refractivity contribution >= 4 is 20.2 Å². The Bertz CT molecular complexity index is 1180. The number of aryl methyl sites for hydroxylation is 1. The molecule has 8 nitrogen and oxygen atoms in total. The molecular formula is C30H39N4O4P. The van der Waals surface area contributed by atoms with Crippen molar-refractivity contribution in [2.45, 2.75) is 45.8 Å². The van der Waals surface area contributed by atoms with E-state index in [2.05, 4.69) is 70.9 Å². The van der Waals surface area contributed by atoms with Gasteiger partial charge in [-0.1, -0.05) is 66.2 Å². The van der Waals surface area contributed by atoms with Crippen LogP contribution in [0.3, 0.4) is 0 Å². The van der Waals surface area contributed by atoms with Crippen molar-refractivity contribution < 1.29 is 19.1 Å². The highest BCUT2D eigenvalue weighted by atomic mass is 31.1. The fraction of sp³-hybridized carbons (Fsp3) is 0.367. The Morgan fingerprint density at radius 3 is 2.05 bits per heavy atom. The first-order chi connectivity index (χ1) is 18.8. The van der Waals surface area contributed by atoms with Crippen LogP contribution in [0.25, 0.3) is 22.4 Å². The lowest BCUT2D eigenvalue weighted by molar-refractivity contribution is -0.142. The third-order valence-electron chi connectivity index (χ3n) is 6.21. The molecule has 0 spiro atoms. The Morgan fingerprint density at radius 2 is 1.46 bits per heavy atom. The molecule has 0 fully saturated rings. The molecule has 3 N–H and O–H groups in total. The highest BCUT2D eigenvalue weighted by Crippen LogP contribution is 2.31. The summed E-state index contributed by atoms with van der Waals surface area (Å²) in [5.41, 5.74) is 6.47.